The molecular weight excluding hydrogens is 466 g/mol. The summed E-state index contributed by atoms with van der Waals surface area (Å²) in [5.41, 5.74) is 4.37. The summed E-state index contributed by atoms with van der Waals surface area (Å²) in [4.78, 5) is 15.6. The standard InChI is InChI=1S/C31H33NO5/c1-20-5-9-23(10-6-20)30-27(26-18-25(21(2)33)28(34)19-29(26)37-31(30)35)17-22-7-11-24(12-8-22)36-16-15-32-13-3-4-14-32/h5-12,18-19,21,33-34H,3-4,13-17H2,1-2H3. The highest BCUT2D eigenvalue weighted by Gasteiger charge is 2.20. The molecule has 4 aromatic rings. The van der Waals surface area contributed by atoms with Crippen molar-refractivity contribution in [2.24, 2.45) is 0 Å². The summed E-state index contributed by atoms with van der Waals surface area (Å²) in [5.74, 6) is 0.718. The number of rotatable bonds is 8. The van der Waals surface area contributed by atoms with Gasteiger partial charge < -0.3 is 19.4 Å². The van der Waals surface area contributed by atoms with E-state index in [1.54, 1.807) is 13.0 Å². The summed E-state index contributed by atoms with van der Waals surface area (Å²) in [6, 6.07) is 18.9. The maximum absolute atomic E-state index is 13.2. The Morgan fingerprint density at radius 2 is 1.73 bits per heavy atom. The number of ether oxygens (including phenoxy) is 1. The molecule has 2 heterocycles. The van der Waals surface area contributed by atoms with Crippen LogP contribution in [-0.2, 0) is 6.42 Å². The van der Waals surface area contributed by atoms with Gasteiger partial charge >= 0.3 is 5.63 Å². The molecule has 2 N–H and O–H groups in total. The first-order chi connectivity index (χ1) is 17.9. The third-order valence-electron chi connectivity index (χ3n) is 7.13. The summed E-state index contributed by atoms with van der Waals surface area (Å²) in [5, 5.41) is 21.3. The lowest BCUT2D eigenvalue weighted by Crippen LogP contribution is -2.25. The van der Waals surface area contributed by atoms with Gasteiger partial charge in [-0.15, -0.1) is 0 Å². The zero-order valence-electron chi connectivity index (χ0n) is 21.4. The molecule has 37 heavy (non-hydrogen) atoms. The van der Waals surface area contributed by atoms with Gasteiger partial charge in [-0.1, -0.05) is 42.0 Å². The first kappa shape index (κ1) is 25.1. The van der Waals surface area contributed by atoms with E-state index in [4.69, 9.17) is 9.15 Å². The normalized spacial score (nSPS) is 14.8. The van der Waals surface area contributed by atoms with Crippen LogP contribution < -0.4 is 10.4 Å². The van der Waals surface area contributed by atoms with E-state index >= 15 is 0 Å². The van der Waals surface area contributed by atoms with Crippen LogP contribution in [0.4, 0.5) is 0 Å². The molecule has 5 rings (SSSR count). The molecule has 3 aromatic carbocycles. The van der Waals surface area contributed by atoms with Crippen molar-refractivity contribution < 1.29 is 19.4 Å². The minimum Gasteiger partial charge on any atom is -0.507 e. The molecule has 0 saturated carbocycles. The van der Waals surface area contributed by atoms with E-state index in [0.717, 1.165) is 47.6 Å². The van der Waals surface area contributed by atoms with Crippen molar-refractivity contribution in [1.82, 2.24) is 4.90 Å². The van der Waals surface area contributed by atoms with Crippen molar-refractivity contribution in [2.45, 2.75) is 39.2 Å². The van der Waals surface area contributed by atoms with Crippen LogP contribution in [0.1, 0.15) is 48.1 Å². The first-order valence-corrected chi connectivity index (χ1v) is 12.9. The van der Waals surface area contributed by atoms with Crippen LogP contribution in [0.3, 0.4) is 0 Å². The van der Waals surface area contributed by atoms with Crippen LogP contribution in [0.25, 0.3) is 22.1 Å². The fourth-order valence-corrected chi connectivity index (χ4v) is 5.05. The number of benzene rings is 3. The fraction of sp³-hybridized carbons (Fsp3) is 0.323. The first-order valence-electron chi connectivity index (χ1n) is 12.9. The van der Waals surface area contributed by atoms with E-state index in [1.807, 2.05) is 55.5 Å². The van der Waals surface area contributed by atoms with Crippen molar-refractivity contribution in [3.63, 3.8) is 0 Å². The quantitative estimate of drug-likeness (QED) is 0.308. The van der Waals surface area contributed by atoms with Gasteiger partial charge in [0.2, 0.25) is 0 Å². The number of phenolic OH excluding ortho intramolecular Hbond substituents is 1. The summed E-state index contributed by atoms with van der Waals surface area (Å²) in [6.45, 7) is 7.50. The molecule has 6 nitrogen and oxygen atoms in total. The van der Waals surface area contributed by atoms with E-state index in [9.17, 15) is 15.0 Å². The van der Waals surface area contributed by atoms with Crippen molar-refractivity contribution in [3.8, 4) is 22.6 Å². The molecule has 1 aliphatic heterocycles. The lowest BCUT2D eigenvalue weighted by atomic mass is 9.92. The van der Waals surface area contributed by atoms with Crippen LogP contribution in [0.15, 0.2) is 69.9 Å². The van der Waals surface area contributed by atoms with Gasteiger partial charge in [0.05, 0.1) is 11.7 Å². The number of aliphatic hydroxyl groups is 1. The number of nitrogens with zero attached hydrogens (tertiary/aromatic N) is 1. The van der Waals surface area contributed by atoms with Crippen LogP contribution in [0, 0.1) is 6.92 Å². The number of hydrogen-bond acceptors (Lipinski definition) is 6. The second kappa shape index (κ2) is 10.8. The molecule has 0 amide bonds. The highest BCUT2D eigenvalue weighted by Crippen LogP contribution is 2.35. The molecule has 192 valence electrons. The molecule has 1 atom stereocenters. The third-order valence-corrected chi connectivity index (χ3v) is 7.13. The Hall–Kier alpha value is -3.61. The van der Waals surface area contributed by atoms with Crippen molar-refractivity contribution in [3.05, 3.63) is 93.3 Å². The summed E-state index contributed by atoms with van der Waals surface area (Å²) in [7, 11) is 0. The van der Waals surface area contributed by atoms with Crippen LogP contribution >= 0.6 is 0 Å². The van der Waals surface area contributed by atoms with Crippen LogP contribution in [0.2, 0.25) is 0 Å². The summed E-state index contributed by atoms with van der Waals surface area (Å²) in [6.07, 6.45) is 2.14. The molecular formula is C31H33NO5. The number of aryl methyl sites for hydroxylation is 1. The van der Waals surface area contributed by atoms with Crippen molar-refractivity contribution >= 4 is 11.0 Å². The molecule has 1 fully saturated rings. The van der Waals surface area contributed by atoms with E-state index < -0.39 is 11.7 Å². The number of aliphatic hydroxyl groups excluding tert-OH is 1. The van der Waals surface area contributed by atoms with E-state index in [1.165, 1.54) is 18.9 Å². The maximum Gasteiger partial charge on any atom is 0.344 e. The van der Waals surface area contributed by atoms with Gasteiger partial charge in [0.15, 0.2) is 0 Å². The Balaban J connectivity index is 1.51. The van der Waals surface area contributed by atoms with Gasteiger partial charge in [0.1, 0.15) is 23.7 Å². The largest absolute Gasteiger partial charge is 0.507 e. The van der Waals surface area contributed by atoms with Crippen LogP contribution in [-0.4, -0.2) is 41.4 Å². The second-order valence-electron chi connectivity index (χ2n) is 9.91. The molecule has 1 unspecified atom stereocenters. The van der Waals surface area contributed by atoms with E-state index in [0.29, 0.717) is 35.1 Å². The molecule has 1 saturated heterocycles. The number of phenols is 1. The molecule has 0 radical (unpaired) electrons. The van der Waals surface area contributed by atoms with Gasteiger partial charge in [0.25, 0.3) is 0 Å². The number of hydrogen-bond donors (Lipinski definition) is 2. The lowest BCUT2D eigenvalue weighted by Gasteiger charge is -2.16. The van der Waals surface area contributed by atoms with E-state index in [-0.39, 0.29) is 5.75 Å². The minimum atomic E-state index is -0.871. The van der Waals surface area contributed by atoms with Crippen LogP contribution in [0.5, 0.6) is 11.5 Å². The van der Waals surface area contributed by atoms with E-state index in [2.05, 4.69) is 4.90 Å². The van der Waals surface area contributed by atoms with Crippen molar-refractivity contribution in [2.75, 3.05) is 26.2 Å². The average Bonchev–Trinajstić information content (AvgIpc) is 3.39. The number of aromatic hydroxyl groups is 1. The highest BCUT2D eigenvalue weighted by molar-refractivity contribution is 5.89. The number of fused-ring (bicyclic) bond motifs is 1. The predicted molar refractivity (Wildman–Crippen MR) is 145 cm³/mol. The Kier molecular flexibility index (Phi) is 7.31. The fourth-order valence-electron chi connectivity index (χ4n) is 5.05. The van der Waals surface area contributed by atoms with Gasteiger partial charge in [-0.25, -0.2) is 4.79 Å². The predicted octanol–water partition coefficient (Wildman–Crippen LogP) is 5.59. The summed E-state index contributed by atoms with van der Waals surface area (Å²) < 4.78 is 11.6. The highest BCUT2D eigenvalue weighted by atomic mass is 16.5. The topological polar surface area (TPSA) is 83.1 Å². The third kappa shape index (κ3) is 5.55. The van der Waals surface area contributed by atoms with Gasteiger partial charge in [0, 0.05) is 23.6 Å². The molecule has 0 aliphatic carbocycles. The van der Waals surface area contributed by atoms with Gasteiger partial charge in [-0.3, -0.25) is 4.90 Å². The molecule has 6 heteroatoms. The Morgan fingerprint density at radius 1 is 1.03 bits per heavy atom. The maximum atomic E-state index is 13.2. The average molecular weight is 500 g/mol. The van der Waals surface area contributed by atoms with Gasteiger partial charge in [-0.05, 0) is 81.1 Å². The van der Waals surface area contributed by atoms with Crippen molar-refractivity contribution in [1.29, 1.82) is 0 Å². The monoisotopic (exact) mass is 499 g/mol. The smallest absolute Gasteiger partial charge is 0.344 e. The summed E-state index contributed by atoms with van der Waals surface area (Å²) >= 11 is 0. The number of likely N-dealkylation sites (tertiary alicyclic amines) is 1. The Bertz CT molecular complexity index is 1430. The molecule has 1 aliphatic rings. The zero-order valence-corrected chi connectivity index (χ0v) is 21.4. The second-order valence-corrected chi connectivity index (χ2v) is 9.91. The Labute approximate surface area is 216 Å². The molecule has 0 bridgehead atoms. The SMILES string of the molecule is Cc1ccc(-c2c(Cc3ccc(OCCN4CCCC4)cc3)c3cc(C(C)O)c(O)cc3oc2=O)cc1. The molecule has 0 spiro atoms. The molecule has 1 aromatic heterocycles. The minimum absolute atomic E-state index is 0.102. The van der Waals surface area contributed by atoms with Gasteiger partial charge in [-0.2, -0.15) is 0 Å². The zero-order chi connectivity index (χ0) is 25.9. The Morgan fingerprint density at radius 3 is 2.41 bits per heavy atom. The lowest BCUT2D eigenvalue weighted by molar-refractivity contribution is 0.195.